The van der Waals surface area contributed by atoms with Crippen LogP contribution in [0.5, 0.6) is 17.2 Å². The Bertz CT molecular complexity index is 1090. The van der Waals surface area contributed by atoms with Gasteiger partial charge in [-0.2, -0.15) is 0 Å². The van der Waals surface area contributed by atoms with Gasteiger partial charge in [0.2, 0.25) is 0 Å². The Labute approximate surface area is 212 Å². The fourth-order valence-electron chi connectivity index (χ4n) is 4.04. The number of aliphatic hydroxyl groups excluding tert-OH is 1. The number of ether oxygens (including phenoxy) is 4. The van der Waals surface area contributed by atoms with Crippen LogP contribution in [0.25, 0.3) is 5.76 Å². The molecule has 36 heavy (non-hydrogen) atoms. The summed E-state index contributed by atoms with van der Waals surface area (Å²) in [5, 5.41) is 11.2. The molecule has 1 atom stereocenters. The number of methoxy groups -OCH3 is 2. The molecule has 0 spiro atoms. The summed E-state index contributed by atoms with van der Waals surface area (Å²) < 4.78 is 22.2. The number of amides is 1. The van der Waals surface area contributed by atoms with Crippen molar-refractivity contribution in [3.05, 3.63) is 59.2 Å². The number of rotatable bonds is 12. The maximum absolute atomic E-state index is 13.2. The molecule has 1 aliphatic heterocycles. The molecule has 8 nitrogen and oxygen atoms in total. The Morgan fingerprint density at radius 3 is 2.33 bits per heavy atom. The van der Waals surface area contributed by atoms with E-state index in [-0.39, 0.29) is 24.5 Å². The number of nitrogens with zero attached hydrogens (tertiary/aromatic N) is 1. The third kappa shape index (κ3) is 5.99. The smallest absolute Gasteiger partial charge is 0.295 e. The van der Waals surface area contributed by atoms with Gasteiger partial charge >= 0.3 is 0 Å². The number of hydrogen-bond donors (Lipinski definition) is 1. The summed E-state index contributed by atoms with van der Waals surface area (Å²) in [5.41, 5.74) is 1.04. The molecule has 1 amide bonds. The number of carbonyl (C=O) groups is 2. The molecule has 1 N–H and O–H groups in total. The molecular formula is C28H35NO7. The molecule has 0 aliphatic carbocycles. The molecule has 1 heterocycles. The van der Waals surface area contributed by atoms with E-state index in [1.54, 1.807) is 49.6 Å². The van der Waals surface area contributed by atoms with Crippen molar-refractivity contribution in [3.8, 4) is 17.2 Å². The molecule has 0 bridgehead atoms. The highest BCUT2D eigenvalue weighted by molar-refractivity contribution is 6.46. The maximum atomic E-state index is 13.2. The molecule has 1 unspecified atom stereocenters. The van der Waals surface area contributed by atoms with Gasteiger partial charge in [-0.3, -0.25) is 9.59 Å². The number of Topliss-reactive ketones (excluding diaryl/α,β-unsaturated/α-hetero) is 1. The fourth-order valence-corrected chi connectivity index (χ4v) is 4.04. The minimum atomic E-state index is -0.814. The molecule has 3 rings (SSSR count). The van der Waals surface area contributed by atoms with Crippen molar-refractivity contribution in [2.75, 3.05) is 40.6 Å². The highest BCUT2D eigenvalue weighted by Crippen LogP contribution is 2.42. The number of ketones is 1. The quantitative estimate of drug-likeness (QED) is 0.260. The topological polar surface area (TPSA) is 94.5 Å². The first-order valence-electron chi connectivity index (χ1n) is 12.1. The molecular weight excluding hydrogens is 462 g/mol. The van der Waals surface area contributed by atoms with Crippen LogP contribution in [0.3, 0.4) is 0 Å². The number of hydrogen-bond acceptors (Lipinski definition) is 7. The second kappa shape index (κ2) is 12.4. The minimum Gasteiger partial charge on any atom is -0.507 e. The Hall–Kier alpha value is -3.52. The molecule has 194 valence electrons. The fraction of sp³-hybridized carbons (Fsp3) is 0.429. The van der Waals surface area contributed by atoms with E-state index in [0.717, 1.165) is 6.42 Å². The summed E-state index contributed by atoms with van der Waals surface area (Å²) >= 11 is 0. The monoisotopic (exact) mass is 497 g/mol. The zero-order chi connectivity index (χ0) is 26.2. The first-order chi connectivity index (χ1) is 17.3. The second-order valence-corrected chi connectivity index (χ2v) is 8.88. The summed E-state index contributed by atoms with van der Waals surface area (Å²) in [6.07, 6.45) is 0.895. The molecule has 2 aromatic rings. The van der Waals surface area contributed by atoms with Crippen molar-refractivity contribution in [1.29, 1.82) is 0 Å². The van der Waals surface area contributed by atoms with Gasteiger partial charge in [0.1, 0.15) is 11.5 Å². The molecule has 1 aliphatic rings. The average Bonchev–Trinajstić information content (AvgIpc) is 3.12. The first-order valence-corrected chi connectivity index (χ1v) is 12.1. The zero-order valence-corrected chi connectivity index (χ0v) is 21.6. The van der Waals surface area contributed by atoms with E-state index >= 15 is 0 Å². The van der Waals surface area contributed by atoms with Gasteiger partial charge in [-0.05, 0) is 61.2 Å². The third-order valence-electron chi connectivity index (χ3n) is 5.98. The number of likely N-dealkylation sites (tertiary alicyclic amines) is 1. The Kier molecular flexibility index (Phi) is 9.36. The zero-order valence-electron chi connectivity index (χ0n) is 21.6. The lowest BCUT2D eigenvalue weighted by molar-refractivity contribution is -0.140. The van der Waals surface area contributed by atoms with Gasteiger partial charge in [-0.25, -0.2) is 0 Å². The molecule has 8 heteroatoms. The number of aliphatic hydroxyl groups is 1. The molecule has 2 aromatic carbocycles. The molecule has 0 radical (unpaired) electrons. The lowest BCUT2D eigenvalue weighted by Crippen LogP contribution is -2.32. The second-order valence-electron chi connectivity index (χ2n) is 8.88. The van der Waals surface area contributed by atoms with Gasteiger partial charge < -0.3 is 29.0 Å². The summed E-state index contributed by atoms with van der Waals surface area (Å²) in [5.74, 6) is 0.514. The maximum Gasteiger partial charge on any atom is 0.295 e. The molecule has 1 saturated heterocycles. The van der Waals surface area contributed by atoms with E-state index in [1.165, 1.54) is 12.0 Å². The molecule has 0 saturated carbocycles. The van der Waals surface area contributed by atoms with E-state index in [0.29, 0.717) is 47.5 Å². The van der Waals surface area contributed by atoms with Crippen molar-refractivity contribution in [2.24, 2.45) is 5.92 Å². The van der Waals surface area contributed by atoms with Crippen LogP contribution >= 0.6 is 0 Å². The Morgan fingerprint density at radius 2 is 1.72 bits per heavy atom. The normalized spacial score (nSPS) is 17.1. The van der Waals surface area contributed by atoms with Crippen LogP contribution in [-0.4, -0.2) is 62.3 Å². The third-order valence-corrected chi connectivity index (χ3v) is 5.98. The standard InChI is InChI=1S/C28H35NO7/c1-6-35-23-17-20(9-12-22(23)36-15-13-18(2)3)25-24(27(31)28(32)29(25)14-16-33-4)26(30)19-7-10-21(34-5)11-8-19/h7-12,17-18,25,30H,6,13-16H2,1-5H3/b26-24+. The van der Waals surface area contributed by atoms with Crippen LogP contribution in [-0.2, 0) is 14.3 Å². The number of carbonyl (C=O) groups excluding carboxylic acids is 2. The summed E-state index contributed by atoms with van der Waals surface area (Å²) in [4.78, 5) is 27.6. The minimum absolute atomic E-state index is 0.0113. The van der Waals surface area contributed by atoms with Gasteiger partial charge in [0.15, 0.2) is 11.5 Å². The summed E-state index contributed by atoms with van der Waals surface area (Å²) in [6, 6.07) is 11.2. The van der Waals surface area contributed by atoms with Gasteiger partial charge in [-0.1, -0.05) is 19.9 Å². The van der Waals surface area contributed by atoms with Crippen molar-refractivity contribution in [1.82, 2.24) is 4.90 Å². The van der Waals surface area contributed by atoms with Crippen molar-refractivity contribution in [2.45, 2.75) is 33.2 Å². The lowest BCUT2D eigenvalue weighted by Gasteiger charge is -2.26. The van der Waals surface area contributed by atoms with Crippen molar-refractivity contribution in [3.63, 3.8) is 0 Å². The van der Waals surface area contributed by atoms with E-state index in [2.05, 4.69) is 13.8 Å². The van der Waals surface area contributed by atoms with E-state index in [9.17, 15) is 14.7 Å². The van der Waals surface area contributed by atoms with Crippen molar-refractivity contribution < 1.29 is 33.6 Å². The average molecular weight is 498 g/mol. The molecule has 1 fully saturated rings. The van der Waals surface area contributed by atoms with Crippen LogP contribution in [0.4, 0.5) is 0 Å². The highest BCUT2D eigenvalue weighted by Gasteiger charge is 2.46. The van der Waals surface area contributed by atoms with E-state index in [1.807, 2.05) is 6.92 Å². The van der Waals surface area contributed by atoms with Crippen LogP contribution in [0.2, 0.25) is 0 Å². The van der Waals surface area contributed by atoms with Crippen LogP contribution in [0, 0.1) is 5.92 Å². The Balaban J connectivity index is 2.09. The van der Waals surface area contributed by atoms with Crippen LogP contribution < -0.4 is 14.2 Å². The van der Waals surface area contributed by atoms with Gasteiger partial charge in [0.25, 0.3) is 11.7 Å². The largest absolute Gasteiger partial charge is 0.507 e. The van der Waals surface area contributed by atoms with Gasteiger partial charge in [0.05, 0.1) is 38.5 Å². The first kappa shape index (κ1) is 27.1. The van der Waals surface area contributed by atoms with Crippen molar-refractivity contribution >= 4 is 17.4 Å². The SMILES string of the molecule is CCOc1cc(C2/C(=C(\O)c3ccc(OC)cc3)C(=O)C(=O)N2CCOC)ccc1OCCC(C)C. The van der Waals surface area contributed by atoms with Crippen LogP contribution in [0.15, 0.2) is 48.0 Å². The van der Waals surface area contributed by atoms with E-state index in [4.69, 9.17) is 18.9 Å². The molecule has 0 aromatic heterocycles. The highest BCUT2D eigenvalue weighted by atomic mass is 16.5. The summed E-state index contributed by atoms with van der Waals surface area (Å²) in [6.45, 7) is 7.51. The van der Waals surface area contributed by atoms with E-state index < -0.39 is 17.7 Å². The predicted molar refractivity (Wildman–Crippen MR) is 136 cm³/mol. The summed E-state index contributed by atoms with van der Waals surface area (Å²) in [7, 11) is 3.07. The predicted octanol–water partition coefficient (Wildman–Crippen LogP) is 4.59. The lowest BCUT2D eigenvalue weighted by atomic mass is 9.95. The van der Waals surface area contributed by atoms with Gasteiger partial charge in [0, 0.05) is 19.2 Å². The Morgan fingerprint density at radius 1 is 1.00 bits per heavy atom. The van der Waals surface area contributed by atoms with Crippen LogP contribution in [0.1, 0.15) is 44.4 Å². The number of benzene rings is 2. The van der Waals surface area contributed by atoms with Gasteiger partial charge in [-0.15, -0.1) is 0 Å².